The standard InChI is InChI=1S/C15H19FN4O2S/c16-10-5-11-13(17-6-10)19-4-3-18(15(21)22)8-12(19)14(23)20(11)7-9-1-2-9/h5-6,9,12,14,23H,1-4,7-8H2,(H,21,22). The number of carbonyl (C=O) groups is 1. The molecule has 6 nitrogen and oxygen atoms in total. The summed E-state index contributed by atoms with van der Waals surface area (Å²) in [5, 5.41) is 9.10. The summed E-state index contributed by atoms with van der Waals surface area (Å²) in [5.74, 6) is 1.01. The first-order valence-corrected chi connectivity index (χ1v) is 8.41. The van der Waals surface area contributed by atoms with Crippen molar-refractivity contribution in [1.29, 1.82) is 0 Å². The molecule has 0 aromatic carbocycles. The number of rotatable bonds is 2. The average Bonchev–Trinajstić information content (AvgIpc) is 3.35. The zero-order chi connectivity index (χ0) is 16.1. The van der Waals surface area contributed by atoms with E-state index in [9.17, 15) is 14.3 Å². The van der Waals surface area contributed by atoms with E-state index in [0.29, 0.717) is 25.6 Å². The van der Waals surface area contributed by atoms with E-state index < -0.39 is 6.09 Å². The van der Waals surface area contributed by atoms with E-state index in [1.165, 1.54) is 30.0 Å². The number of halogens is 1. The van der Waals surface area contributed by atoms with Gasteiger partial charge in [0.1, 0.15) is 5.82 Å². The predicted octanol–water partition coefficient (Wildman–Crippen LogP) is 1.88. The fourth-order valence-electron chi connectivity index (χ4n) is 3.49. The van der Waals surface area contributed by atoms with E-state index in [2.05, 4.69) is 14.8 Å². The van der Waals surface area contributed by atoms with Crippen LogP contribution in [-0.2, 0) is 0 Å². The third-order valence-corrected chi connectivity index (χ3v) is 5.52. The van der Waals surface area contributed by atoms with Gasteiger partial charge in [0.25, 0.3) is 0 Å². The Labute approximate surface area is 139 Å². The molecule has 0 radical (unpaired) electrons. The molecule has 2 fully saturated rings. The number of anilines is 2. The molecule has 2 unspecified atom stereocenters. The lowest BCUT2D eigenvalue weighted by Gasteiger charge is -2.51. The second-order valence-electron chi connectivity index (χ2n) is 6.49. The third-order valence-electron chi connectivity index (χ3n) is 4.90. The molecule has 1 aromatic rings. The number of thiol groups is 1. The van der Waals surface area contributed by atoms with E-state index in [1.54, 1.807) is 0 Å². The molecule has 124 valence electrons. The van der Waals surface area contributed by atoms with Gasteiger partial charge in [-0.05, 0) is 18.8 Å². The van der Waals surface area contributed by atoms with Crippen molar-refractivity contribution in [2.24, 2.45) is 5.92 Å². The number of hydrogen-bond donors (Lipinski definition) is 2. The Morgan fingerprint density at radius 1 is 1.43 bits per heavy atom. The summed E-state index contributed by atoms with van der Waals surface area (Å²) in [6, 6.07) is 1.45. The topological polar surface area (TPSA) is 59.9 Å². The zero-order valence-electron chi connectivity index (χ0n) is 12.6. The number of amides is 1. The van der Waals surface area contributed by atoms with Crippen LogP contribution in [0.3, 0.4) is 0 Å². The first-order chi connectivity index (χ1) is 11.0. The van der Waals surface area contributed by atoms with Gasteiger partial charge in [-0.2, -0.15) is 12.6 Å². The lowest BCUT2D eigenvalue weighted by atomic mass is 10.1. The highest BCUT2D eigenvalue weighted by molar-refractivity contribution is 7.81. The van der Waals surface area contributed by atoms with Crippen LogP contribution in [0.5, 0.6) is 0 Å². The molecule has 2 aliphatic heterocycles. The molecule has 0 bridgehead atoms. The Kier molecular flexibility index (Phi) is 3.51. The molecular formula is C15H19FN4O2S. The average molecular weight is 338 g/mol. The lowest BCUT2D eigenvalue weighted by molar-refractivity contribution is 0.133. The van der Waals surface area contributed by atoms with Crippen LogP contribution in [0.1, 0.15) is 12.8 Å². The highest BCUT2D eigenvalue weighted by Gasteiger charge is 2.43. The molecule has 2 atom stereocenters. The number of aromatic nitrogens is 1. The summed E-state index contributed by atoms with van der Waals surface area (Å²) in [7, 11) is 0. The zero-order valence-corrected chi connectivity index (χ0v) is 13.5. The minimum atomic E-state index is -0.906. The monoisotopic (exact) mass is 338 g/mol. The summed E-state index contributed by atoms with van der Waals surface area (Å²) in [6.07, 6.45) is 2.69. The Balaban J connectivity index is 1.71. The number of hydrogen-bond acceptors (Lipinski definition) is 5. The molecule has 3 aliphatic rings. The van der Waals surface area contributed by atoms with E-state index in [4.69, 9.17) is 12.6 Å². The van der Waals surface area contributed by atoms with Crippen LogP contribution >= 0.6 is 12.6 Å². The van der Waals surface area contributed by atoms with Crippen molar-refractivity contribution < 1.29 is 14.3 Å². The molecule has 1 saturated carbocycles. The number of piperazine rings is 1. The minimum Gasteiger partial charge on any atom is -0.465 e. The van der Waals surface area contributed by atoms with Gasteiger partial charge >= 0.3 is 6.09 Å². The van der Waals surface area contributed by atoms with Crippen LogP contribution in [-0.4, -0.2) is 58.7 Å². The van der Waals surface area contributed by atoms with Gasteiger partial charge < -0.3 is 19.8 Å². The summed E-state index contributed by atoms with van der Waals surface area (Å²) >= 11 is 4.76. The summed E-state index contributed by atoms with van der Waals surface area (Å²) < 4.78 is 13.7. The van der Waals surface area contributed by atoms with Crippen molar-refractivity contribution in [2.75, 3.05) is 36.0 Å². The molecule has 1 N–H and O–H groups in total. The van der Waals surface area contributed by atoms with Gasteiger partial charge in [-0.25, -0.2) is 14.2 Å². The fraction of sp³-hybridized carbons (Fsp3) is 0.600. The molecule has 3 heterocycles. The first kappa shape index (κ1) is 14.9. The summed E-state index contributed by atoms with van der Waals surface area (Å²) in [4.78, 5) is 21.2. The maximum atomic E-state index is 13.7. The van der Waals surface area contributed by atoms with Crippen LogP contribution in [0.25, 0.3) is 0 Å². The molecule has 1 amide bonds. The highest BCUT2D eigenvalue weighted by atomic mass is 32.1. The molecule has 1 saturated heterocycles. The van der Waals surface area contributed by atoms with Crippen molar-refractivity contribution in [3.63, 3.8) is 0 Å². The smallest absolute Gasteiger partial charge is 0.407 e. The molecule has 8 heteroatoms. The second-order valence-corrected chi connectivity index (χ2v) is 7.02. The summed E-state index contributed by atoms with van der Waals surface area (Å²) in [6.45, 7) is 2.19. The SMILES string of the molecule is O=C(O)N1CCN2c3ncc(F)cc3N(CC3CC3)C(S)C2C1. The van der Waals surface area contributed by atoms with Crippen LogP contribution < -0.4 is 9.80 Å². The molecular weight excluding hydrogens is 319 g/mol. The van der Waals surface area contributed by atoms with E-state index in [0.717, 1.165) is 18.1 Å². The normalized spacial score (nSPS) is 26.8. The first-order valence-electron chi connectivity index (χ1n) is 7.89. The summed E-state index contributed by atoms with van der Waals surface area (Å²) in [5.41, 5.74) is 0.775. The minimum absolute atomic E-state index is 0.0765. The Bertz CT molecular complexity index is 642. The Hall–Kier alpha value is -1.70. The van der Waals surface area contributed by atoms with Gasteiger partial charge in [0, 0.05) is 32.2 Å². The van der Waals surface area contributed by atoms with Crippen LogP contribution in [0, 0.1) is 11.7 Å². The van der Waals surface area contributed by atoms with Gasteiger partial charge in [-0.1, -0.05) is 0 Å². The van der Waals surface area contributed by atoms with Gasteiger partial charge in [0.2, 0.25) is 0 Å². The molecule has 23 heavy (non-hydrogen) atoms. The third kappa shape index (κ3) is 2.58. The molecule has 1 aromatic heterocycles. The van der Waals surface area contributed by atoms with Gasteiger partial charge in [0.15, 0.2) is 5.82 Å². The Morgan fingerprint density at radius 2 is 2.22 bits per heavy atom. The van der Waals surface area contributed by atoms with Crippen LogP contribution in [0.2, 0.25) is 0 Å². The number of carboxylic acid groups (broad SMARTS) is 1. The molecule has 4 rings (SSSR count). The lowest BCUT2D eigenvalue weighted by Crippen LogP contribution is -2.64. The quantitative estimate of drug-likeness (QED) is 0.807. The number of pyridine rings is 1. The van der Waals surface area contributed by atoms with Gasteiger partial charge in [-0.15, -0.1) is 0 Å². The van der Waals surface area contributed by atoms with Crippen molar-refractivity contribution in [1.82, 2.24) is 9.88 Å². The van der Waals surface area contributed by atoms with Crippen molar-refractivity contribution in [2.45, 2.75) is 24.3 Å². The fourth-order valence-corrected chi connectivity index (χ4v) is 3.96. The van der Waals surface area contributed by atoms with E-state index in [1.807, 2.05) is 0 Å². The van der Waals surface area contributed by atoms with Crippen molar-refractivity contribution >= 4 is 30.2 Å². The van der Waals surface area contributed by atoms with Gasteiger partial charge in [0.05, 0.1) is 23.3 Å². The van der Waals surface area contributed by atoms with Crippen LogP contribution in [0.15, 0.2) is 12.3 Å². The van der Waals surface area contributed by atoms with E-state index >= 15 is 0 Å². The maximum absolute atomic E-state index is 13.7. The maximum Gasteiger partial charge on any atom is 0.407 e. The molecule has 0 spiro atoms. The van der Waals surface area contributed by atoms with Gasteiger partial charge in [-0.3, -0.25) is 0 Å². The van der Waals surface area contributed by atoms with E-state index in [-0.39, 0.29) is 17.2 Å². The van der Waals surface area contributed by atoms with Crippen molar-refractivity contribution in [3.8, 4) is 0 Å². The predicted molar refractivity (Wildman–Crippen MR) is 87.8 cm³/mol. The number of fused-ring (bicyclic) bond motifs is 3. The Morgan fingerprint density at radius 3 is 2.91 bits per heavy atom. The largest absolute Gasteiger partial charge is 0.465 e. The second kappa shape index (κ2) is 5.43. The van der Waals surface area contributed by atoms with Crippen LogP contribution in [0.4, 0.5) is 20.7 Å². The number of nitrogens with zero attached hydrogens (tertiary/aromatic N) is 4. The van der Waals surface area contributed by atoms with Crippen molar-refractivity contribution in [3.05, 3.63) is 18.1 Å². The highest BCUT2D eigenvalue weighted by Crippen LogP contribution is 2.42. The molecule has 1 aliphatic carbocycles.